The highest BCUT2D eigenvalue weighted by atomic mass is 35.5. The highest BCUT2D eigenvalue weighted by Crippen LogP contribution is 2.12. The van der Waals surface area contributed by atoms with Crippen molar-refractivity contribution in [2.75, 3.05) is 13.1 Å². The summed E-state index contributed by atoms with van der Waals surface area (Å²) in [5, 5.41) is 6.36. The van der Waals surface area contributed by atoms with Gasteiger partial charge < -0.3 is 10.6 Å². The van der Waals surface area contributed by atoms with Crippen LogP contribution in [0.15, 0.2) is 18.3 Å². The maximum Gasteiger partial charge on any atom is 0.253 e. The number of nitrogens with one attached hydrogen (secondary N) is 2. The predicted molar refractivity (Wildman–Crippen MR) is 81.4 cm³/mol. The van der Waals surface area contributed by atoms with E-state index in [1.807, 2.05) is 19.1 Å². The SMILES string of the molecule is Cc1ccc(C(=O)NC2CNCCC2C)cn1.Cl.Cl. The lowest BCUT2D eigenvalue weighted by molar-refractivity contribution is 0.0915. The fraction of sp³-hybridized carbons (Fsp3) is 0.538. The van der Waals surface area contributed by atoms with E-state index in [-0.39, 0.29) is 36.8 Å². The van der Waals surface area contributed by atoms with Crippen molar-refractivity contribution < 1.29 is 4.79 Å². The first-order valence-electron chi connectivity index (χ1n) is 6.11. The van der Waals surface area contributed by atoms with Crippen molar-refractivity contribution in [1.82, 2.24) is 15.6 Å². The highest BCUT2D eigenvalue weighted by Gasteiger charge is 2.22. The first kappa shape index (κ1) is 18.2. The molecule has 0 saturated carbocycles. The van der Waals surface area contributed by atoms with Crippen LogP contribution in [0.2, 0.25) is 0 Å². The summed E-state index contributed by atoms with van der Waals surface area (Å²) in [6.07, 6.45) is 2.74. The Hall–Kier alpha value is -0.840. The summed E-state index contributed by atoms with van der Waals surface area (Å²) in [4.78, 5) is 16.1. The highest BCUT2D eigenvalue weighted by molar-refractivity contribution is 5.94. The molecule has 2 heterocycles. The summed E-state index contributed by atoms with van der Waals surface area (Å²) in [5.74, 6) is 0.497. The standard InChI is InChI=1S/C13H19N3O.2ClH/c1-9-5-6-14-8-12(9)16-13(17)11-4-3-10(2)15-7-11;;/h3-4,7,9,12,14H,5-6,8H2,1-2H3,(H,16,17);2*1H. The zero-order valence-corrected chi connectivity index (χ0v) is 12.8. The monoisotopic (exact) mass is 305 g/mol. The molecule has 1 aliphatic heterocycles. The molecule has 2 unspecified atom stereocenters. The number of hydrogen-bond donors (Lipinski definition) is 2. The van der Waals surface area contributed by atoms with Crippen LogP contribution in [0.5, 0.6) is 0 Å². The smallest absolute Gasteiger partial charge is 0.253 e. The van der Waals surface area contributed by atoms with Gasteiger partial charge in [-0.3, -0.25) is 9.78 Å². The molecule has 1 aromatic heterocycles. The normalized spacial score (nSPS) is 21.8. The van der Waals surface area contributed by atoms with Crippen molar-refractivity contribution >= 4 is 30.7 Å². The molecule has 2 rings (SSSR count). The van der Waals surface area contributed by atoms with Gasteiger partial charge in [0.2, 0.25) is 0 Å². The average molecular weight is 306 g/mol. The zero-order valence-electron chi connectivity index (χ0n) is 11.2. The summed E-state index contributed by atoms with van der Waals surface area (Å²) in [5.41, 5.74) is 1.56. The third-order valence-corrected chi connectivity index (χ3v) is 3.32. The van der Waals surface area contributed by atoms with Gasteiger partial charge in [0.05, 0.1) is 5.56 Å². The minimum absolute atomic E-state index is 0. The van der Waals surface area contributed by atoms with Gasteiger partial charge in [0.1, 0.15) is 0 Å². The number of halogens is 2. The number of rotatable bonds is 2. The van der Waals surface area contributed by atoms with E-state index in [9.17, 15) is 4.79 Å². The van der Waals surface area contributed by atoms with Crippen LogP contribution >= 0.6 is 24.8 Å². The third-order valence-electron chi connectivity index (χ3n) is 3.32. The molecule has 2 N–H and O–H groups in total. The molecule has 1 aliphatic rings. The Balaban J connectivity index is 0.00000162. The molecule has 2 atom stereocenters. The molecule has 1 aromatic rings. The Morgan fingerprint density at radius 1 is 1.42 bits per heavy atom. The zero-order chi connectivity index (χ0) is 12.3. The quantitative estimate of drug-likeness (QED) is 0.878. The van der Waals surface area contributed by atoms with E-state index in [2.05, 4.69) is 22.5 Å². The maximum absolute atomic E-state index is 12.0. The van der Waals surface area contributed by atoms with Gasteiger partial charge in [-0.05, 0) is 37.9 Å². The minimum atomic E-state index is -0.0296. The molecule has 19 heavy (non-hydrogen) atoms. The third kappa shape index (κ3) is 4.97. The van der Waals surface area contributed by atoms with Crippen LogP contribution in [0.4, 0.5) is 0 Å². The van der Waals surface area contributed by atoms with Gasteiger partial charge >= 0.3 is 0 Å². The number of carbonyl (C=O) groups excluding carboxylic acids is 1. The lowest BCUT2D eigenvalue weighted by atomic mass is 9.94. The van der Waals surface area contributed by atoms with Crippen LogP contribution in [0.25, 0.3) is 0 Å². The van der Waals surface area contributed by atoms with Gasteiger partial charge in [-0.25, -0.2) is 0 Å². The topological polar surface area (TPSA) is 54.0 Å². The second kappa shape index (κ2) is 8.35. The Bertz CT molecular complexity index is 397. The summed E-state index contributed by atoms with van der Waals surface area (Å²) in [7, 11) is 0. The van der Waals surface area contributed by atoms with Gasteiger partial charge in [0, 0.05) is 24.5 Å². The molecule has 0 radical (unpaired) electrons. The number of aryl methyl sites for hydroxylation is 1. The molecule has 0 aromatic carbocycles. The van der Waals surface area contributed by atoms with Crippen LogP contribution in [-0.2, 0) is 0 Å². The van der Waals surface area contributed by atoms with Crippen molar-refractivity contribution in [3.8, 4) is 0 Å². The first-order valence-corrected chi connectivity index (χ1v) is 6.11. The second-order valence-electron chi connectivity index (χ2n) is 4.74. The van der Waals surface area contributed by atoms with Crippen LogP contribution in [0, 0.1) is 12.8 Å². The van der Waals surface area contributed by atoms with Crippen molar-refractivity contribution in [2.24, 2.45) is 5.92 Å². The number of nitrogens with zero attached hydrogens (tertiary/aromatic N) is 1. The van der Waals surface area contributed by atoms with Crippen molar-refractivity contribution in [1.29, 1.82) is 0 Å². The lowest BCUT2D eigenvalue weighted by Gasteiger charge is -2.30. The van der Waals surface area contributed by atoms with E-state index in [4.69, 9.17) is 0 Å². The molecule has 1 fully saturated rings. The van der Waals surface area contributed by atoms with E-state index in [0.29, 0.717) is 11.5 Å². The van der Waals surface area contributed by atoms with Gasteiger partial charge in [-0.1, -0.05) is 6.92 Å². The van der Waals surface area contributed by atoms with Gasteiger partial charge in [0.15, 0.2) is 0 Å². The number of amides is 1. The van der Waals surface area contributed by atoms with Crippen LogP contribution < -0.4 is 10.6 Å². The number of carbonyl (C=O) groups is 1. The predicted octanol–water partition coefficient (Wildman–Crippen LogP) is 1.96. The Labute approximate surface area is 126 Å². The maximum atomic E-state index is 12.0. The number of pyridine rings is 1. The largest absolute Gasteiger partial charge is 0.348 e. The molecule has 1 amide bonds. The summed E-state index contributed by atoms with van der Waals surface area (Å²) >= 11 is 0. The van der Waals surface area contributed by atoms with Gasteiger partial charge in [-0.15, -0.1) is 24.8 Å². The molecule has 108 valence electrons. The molecule has 0 aliphatic carbocycles. The number of piperidine rings is 1. The summed E-state index contributed by atoms with van der Waals surface area (Å²) in [6, 6.07) is 3.90. The van der Waals surface area contributed by atoms with E-state index in [0.717, 1.165) is 25.2 Å². The molecule has 4 nitrogen and oxygen atoms in total. The fourth-order valence-corrected chi connectivity index (χ4v) is 2.04. The summed E-state index contributed by atoms with van der Waals surface area (Å²) < 4.78 is 0. The van der Waals surface area contributed by atoms with E-state index >= 15 is 0 Å². The average Bonchev–Trinajstić information content (AvgIpc) is 2.33. The van der Waals surface area contributed by atoms with Gasteiger partial charge in [-0.2, -0.15) is 0 Å². The minimum Gasteiger partial charge on any atom is -0.348 e. The molecular weight excluding hydrogens is 285 g/mol. The molecule has 1 saturated heterocycles. The van der Waals surface area contributed by atoms with E-state index in [1.165, 1.54) is 0 Å². The molecular formula is C13H21Cl2N3O. The van der Waals surface area contributed by atoms with E-state index < -0.39 is 0 Å². The summed E-state index contributed by atoms with van der Waals surface area (Å²) in [6.45, 7) is 5.99. The lowest BCUT2D eigenvalue weighted by Crippen LogP contribution is -2.50. The van der Waals surface area contributed by atoms with Crippen LogP contribution in [-0.4, -0.2) is 30.0 Å². The van der Waals surface area contributed by atoms with Crippen molar-refractivity contribution in [3.63, 3.8) is 0 Å². The number of aromatic nitrogens is 1. The molecule has 0 bridgehead atoms. The Kier molecular flexibility index (Phi) is 7.99. The van der Waals surface area contributed by atoms with Crippen LogP contribution in [0.3, 0.4) is 0 Å². The molecule has 0 spiro atoms. The number of hydrogen-bond acceptors (Lipinski definition) is 3. The van der Waals surface area contributed by atoms with Crippen LogP contribution in [0.1, 0.15) is 29.4 Å². The molecule has 6 heteroatoms. The van der Waals surface area contributed by atoms with E-state index in [1.54, 1.807) is 6.20 Å². The van der Waals surface area contributed by atoms with Crippen molar-refractivity contribution in [2.45, 2.75) is 26.3 Å². The van der Waals surface area contributed by atoms with Crippen molar-refractivity contribution in [3.05, 3.63) is 29.6 Å². The fourth-order valence-electron chi connectivity index (χ4n) is 2.04. The first-order chi connectivity index (χ1) is 8.16. The Morgan fingerprint density at radius 2 is 2.16 bits per heavy atom. The van der Waals surface area contributed by atoms with Gasteiger partial charge in [0.25, 0.3) is 5.91 Å². The Morgan fingerprint density at radius 3 is 2.74 bits per heavy atom. The second-order valence-corrected chi connectivity index (χ2v) is 4.74.